The van der Waals surface area contributed by atoms with E-state index in [0.29, 0.717) is 22.5 Å². The third-order valence-electron chi connectivity index (χ3n) is 3.53. The van der Waals surface area contributed by atoms with Crippen LogP contribution in [0.15, 0.2) is 65.5 Å². The molecule has 0 spiro atoms. The van der Waals surface area contributed by atoms with Crippen molar-refractivity contribution in [3.8, 4) is 17.2 Å². The summed E-state index contributed by atoms with van der Waals surface area (Å²) in [7, 11) is 0. The van der Waals surface area contributed by atoms with Crippen LogP contribution in [-0.4, -0.2) is 20.0 Å². The minimum Gasteiger partial charge on any atom is -0.457 e. The van der Waals surface area contributed by atoms with Crippen molar-refractivity contribution in [2.45, 2.75) is 0 Å². The second-order valence-corrected chi connectivity index (χ2v) is 5.17. The zero-order valence-electron chi connectivity index (χ0n) is 12.5. The third kappa shape index (κ3) is 2.48. The molecule has 2 heterocycles. The standard InChI is InChI=1S/C17H13N5O2/c18-17-16-14(19-20-17)10-15(23)22(21-16)11-6-8-13(9-7-11)24-12-4-2-1-3-5-12/h1-10,19H,(H2,18,20). The number of ether oxygens (including phenoxy) is 1. The highest BCUT2D eigenvalue weighted by Crippen LogP contribution is 2.22. The van der Waals surface area contributed by atoms with E-state index in [1.165, 1.54) is 10.7 Å². The molecule has 2 aromatic carbocycles. The van der Waals surface area contributed by atoms with Crippen LogP contribution in [0.3, 0.4) is 0 Å². The Morgan fingerprint density at radius 1 is 1.00 bits per heavy atom. The predicted molar refractivity (Wildman–Crippen MR) is 90.4 cm³/mol. The van der Waals surface area contributed by atoms with Gasteiger partial charge in [0.25, 0.3) is 5.56 Å². The molecule has 0 amide bonds. The SMILES string of the molecule is Nc1n[nH]c2cc(=O)n(-c3ccc(Oc4ccccc4)cc3)nc12. The fraction of sp³-hybridized carbons (Fsp3) is 0. The topological polar surface area (TPSA) is 98.8 Å². The number of para-hydroxylation sites is 1. The second kappa shape index (κ2) is 5.54. The highest BCUT2D eigenvalue weighted by Gasteiger charge is 2.09. The van der Waals surface area contributed by atoms with Crippen molar-refractivity contribution in [1.29, 1.82) is 0 Å². The van der Waals surface area contributed by atoms with Gasteiger partial charge >= 0.3 is 0 Å². The molecule has 0 fully saturated rings. The number of hydrogen-bond acceptors (Lipinski definition) is 5. The lowest BCUT2D eigenvalue weighted by Gasteiger charge is -2.07. The number of rotatable bonds is 3. The zero-order valence-corrected chi connectivity index (χ0v) is 12.5. The molecule has 4 aromatic rings. The van der Waals surface area contributed by atoms with E-state index in [4.69, 9.17) is 10.5 Å². The summed E-state index contributed by atoms with van der Waals surface area (Å²) in [5.74, 6) is 1.66. The number of nitrogens with one attached hydrogen (secondary N) is 1. The summed E-state index contributed by atoms with van der Waals surface area (Å²) in [4.78, 5) is 12.2. The first-order valence-electron chi connectivity index (χ1n) is 7.28. The van der Waals surface area contributed by atoms with Gasteiger partial charge in [-0.15, -0.1) is 0 Å². The largest absolute Gasteiger partial charge is 0.457 e. The molecule has 118 valence electrons. The first-order valence-corrected chi connectivity index (χ1v) is 7.28. The molecule has 2 aromatic heterocycles. The van der Waals surface area contributed by atoms with Crippen LogP contribution in [0.1, 0.15) is 0 Å². The summed E-state index contributed by atoms with van der Waals surface area (Å²) < 4.78 is 7.01. The van der Waals surface area contributed by atoms with E-state index in [0.717, 1.165) is 5.75 Å². The molecule has 7 nitrogen and oxygen atoms in total. The number of anilines is 1. The van der Waals surface area contributed by atoms with Crippen molar-refractivity contribution < 1.29 is 4.74 Å². The lowest BCUT2D eigenvalue weighted by molar-refractivity contribution is 0.482. The molecule has 0 saturated heterocycles. The molecule has 0 bridgehead atoms. The number of nitrogens with zero attached hydrogens (tertiary/aromatic N) is 3. The van der Waals surface area contributed by atoms with Gasteiger partial charge in [-0.1, -0.05) is 18.2 Å². The van der Waals surface area contributed by atoms with Crippen molar-refractivity contribution in [2.24, 2.45) is 0 Å². The molecule has 7 heteroatoms. The van der Waals surface area contributed by atoms with Crippen LogP contribution in [0.2, 0.25) is 0 Å². The summed E-state index contributed by atoms with van der Waals surface area (Å²) in [6, 6.07) is 18.0. The fourth-order valence-corrected chi connectivity index (χ4v) is 2.37. The van der Waals surface area contributed by atoms with Gasteiger partial charge in [0, 0.05) is 6.07 Å². The van der Waals surface area contributed by atoms with Gasteiger partial charge in [-0.2, -0.15) is 14.9 Å². The van der Waals surface area contributed by atoms with Gasteiger partial charge in [-0.25, -0.2) is 0 Å². The molecule has 0 atom stereocenters. The molecule has 0 aliphatic carbocycles. The molecule has 0 aliphatic heterocycles. The van der Waals surface area contributed by atoms with Crippen LogP contribution in [0.5, 0.6) is 11.5 Å². The Labute approximate surface area is 136 Å². The van der Waals surface area contributed by atoms with E-state index >= 15 is 0 Å². The Morgan fingerprint density at radius 3 is 2.46 bits per heavy atom. The predicted octanol–water partition coefficient (Wildman–Crippen LogP) is 2.48. The van der Waals surface area contributed by atoms with Crippen LogP contribution in [0, 0.1) is 0 Å². The minimum atomic E-state index is -0.275. The Morgan fingerprint density at radius 2 is 1.71 bits per heavy atom. The van der Waals surface area contributed by atoms with Gasteiger partial charge in [0.15, 0.2) is 11.3 Å². The van der Waals surface area contributed by atoms with Gasteiger partial charge in [0.05, 0.1) is 11.2 Å². The van der Waals surface area contributed by atoms with Crippen LogP contribution in [0.4, 0.5) is 5.82 Å². The number of H-pyrrole nitrogens is 1. The normalized spacial score (nSPS) is 10.8. The lowest BCUT2D eigenvalue weighted by atomic mass is 10.3. The summed E-state index contributed by atoms with van der Waals surface area (Å²) in [5.41, 5.74) is 7.05. The van der Waals surface area contributed by atoms with Gasteiger partial charge in [-0.05, 0) is 36.4 Å². The summed E-state index contributed by atoms with van der Waals surface area (Å²) >= 11 is 0. The Hall–Kier alpha value is -3.61. The number of hydrogen-bond donors (Lipinski definition) is 2. The van der Waals surface area contributed by atoms with E-state index in [-0.39, 0.29) is 11.4 Å². The zero-order chi connectivity index (χ0) is 16.5. The summed E-state index contributed by atoms with van der Waals surface area (Å²) in [6.07, 6.45) is 0. The lowest BCUT2D eigenvalue weighted by Crippen LogP contribution is -2.20. The first-order chi connectivity index (χ1) is 11.7. The fourth-order valence-electron chi connectivity index (χ4n) is 2.37. The highest BCUT2D eigenvalue weighted by atomic mass is 16.5. The Balaban J connectivity index is 1.69. The minimum absolute atomic E-state index is 0.253. The molecular formula is C17H13N5O2. The molecule has 0 unspecified atom stereocenters. The molecular weight excluding hydrogens is 306 g/mol. The average Bonchev–Trinajstić information content (AvgIpc) is 2.96. The van der Waals surface area contributed by atoms with E-state index in [1.807, 2.05) is 30.3 Å². The molecule has 24 heavy (non-hydrogen) atoms. The van der Waals surface area contributed by atoms with E-state index < -0.39 is 0 Å². The van der Waals surface area contributed by atoms with Gasteiger partial charge in [0.1, 0.15) is 11.5 Å². The smallest absolute Gasteiger partial charge is 0.273 e. The van der Waals surface area contributed by atoms with E-state index in [1.54, 1.807) is 24.3 Å². The molecule has 3 N–H and O–H groups in total. The van der Waals surface area contributed by atoms with Crippen LogP contribution < -0.4 is 16.0 Å². The number of nitrogen functional groups attached to an aromatic ring is 1. The average molecular weight is 319 g/mol. The number of aromatic nitrogens is 4. The van der Waals surface area contributed by atoms with Gasteiger partial charge in [0.2, 0.25) is 0 Å². The quantitative estimate of drug-likeness (QED) is 0.604. The Bertz CT molecular complexity index is 1050. The van der Waals surface area contributed by atoms with Gasteiger partial charge < -0.3 is 10.5 Å². The summed E-state index contributed by atoms with van der Waals surface area (Å²) in [5, 5.41) is 10.8. The van der Waals surface area contributed by atoms with Crippen LogP contribution in [0.25, 0.3) is 16.7 Å². The molecule has 0 radical (unpaired) electrons. The molecule has 0 aliphatic rings. The van der Waals surface area contributed by atoms with Crippen molar-refractivity contribution in [2.75, 3.05) is 5.73 Å². The van der Waals surface area contributed by atoms with Crippen molar-refractivity contribution >= 4 is 16.9 Å². The first kappa shape index (κ1) is 14.0. The number of fused-ring (bicyclic) bond motifs is 1. The number of benzene rings is 2. The second-order valence-electron chi connectivity index (χ2n) is 5.17. The van der Waals surface area contributed by atoms with Crippen molar-refractivity contribution in [3.63, 3.8) is 0 Å². The monoisotopic (exact) mass is 319 g/mol. The highest BCUT2D eigenvalue weighted by molar-refractivity contribution is 5.83. The van der Waals surface area contributed by atoms with Crippen LogP contribution >= 0.6 is 0 Å². The number of nitrogens with two attached hydrogens (primary N) is 1. The van der Waals surface area contributed by atoms with Gasteiger partial charge in [-0.3, -0.25) is 9.89 Å². The third-order valence-corrected chi connectivity index (χ3v) is 3.53. The number of aromatic amines is 1. The van der Waals surface area contributed by atoms with Crippen molar-refractivity contribution in [3.05, 3.63) is 71.0 Å². The maximum absolute atomic E-state index is 12.2. The van der Waals surface area contributed by atoms with Crippen molar-refractivity contribution in [1.82, 2.24) is 20.0 Å². The summed E-state index contributed by atoms with van der Waals surface area (Å²) in [6.45, 7) is 0. The maximum Gasteiger partial charge on any atom is 0.273 e. The van der Waals surface area contributed by atoms with Crippen LogP contribution in [-0.2, 0) is 0 Å². The molecule has 4 rings (SSSR count). The van der Waals surface area contributed by atoms with E-state index in [2.05, 4.69) is 15.3 Å². The molecule has 0 saturated carbocycles. The maximum atomic E-state index is 12.2. The van der Waals surface area contributed by atoms with E-state index in [9.17, 15) is 4.79 Å². The Kier molecular flexibility index (Phi) is 3.24.